The van der Waals surface area contributed by atoms with Gasteiger partial charge in [-0.25, -0.2) is 4.98 Å². The predicted octanol–water partition coefficient (Wildman–Crippen LogP) is -0.411. The van der Waals surface area contributed by atoms with E-state index in [0.717, 1.165) is 31.3 Å². The van der Waals surface area contributed by atoms with Crippen LogP contribution in [0.1, 0.15) is 16.1 Å². The van der Waals surface area contributed by atoms with Crippen molar-refractivity contribution in [1.29, 1.82) is 0 Å². The van der Waals surface area contributed by atoms with Crippen LogP contribution in [0.15, 0.2) is 0 Å². The van der Waals surface area contributed by atoms with Crippen molar-refractivity contribution >= 4 is 28.2 Å². The summed E-state index contributed by atoms with van der Waals surface area (Å²) < 4.78 is 0. The molecule has 112 valence electrons. The van der Waals surface area contributed by atoms with Gasteiger partial charge in [0.1, 0.15) is 10.7 Å². The highest BCUT2D eigenvalue weighted by molar-refractivity contribution is 7.18. The lowest BCUT2D eigenvalue weighted by atomic mass is 10.3. The quantitative estimate of drug-likeness (QED) is 0.640. The van der Waals surface area contributed by atoms with Crippen molar-refractivity contribution in [1.82, 2.24) is 15.2 Å². The average molecular weight is 299 g/mol. The molecule has 0 unspecified atom stereocenters. The summed E-state index contributed by atoms with van der Waals surface area (Å²) in [5.41, 5.74) is 5.83. The first-order valence-electron chi connectivity index (χ1n) is 6.70. The van der Waals surface area contributed by atoms with Crippen LogP contribution in [-0.2, 0) is 0 Å². The first-order valence-corrected chi connectivity index (χ1v) is 7.52. The normalized spacial score (nSPS) is 16.4. The van der Waals surface area contributed by atoms with E-state index in [1.165, 1.54) is 11.3 Å². The van der Waals surface area contributed by atoms with Gasteiger partial charge in [-0.1, -0.05) is 11.3 Å². The number of anilines is 2. The van der Waals surface area contributed by atoms with Gasteiger partial charge in [0.25, 0.3) is 5.91 Å². The highest BCUT2D eigenvalue weighted by Crippen LogP contribution is 2.28. The molecule has 7 nitrogen and oxygen atoms in total. The van der Waals surface area contributed by atoms with Gasteiger partial charge in [0.2, 0.25) is 0 Å². The van der Waals surface area contributed by atoms with Gasteiger partial charge in [0.15, 0.2) is 5.13 Å². The molecule has 20 heavy (non-hydrogen) atoms. The Labute approximate surface area is 122 Å². The molecule has 0 aromatic carbocycles. The molecule has 0 atom stereocenters. The van der Waals surface area contributed by atoms with Gasteiger partial charge in [-0.3, -0.25) is 4.79 Å². The van der Waals surface area contributed by atoms with Gasteiger partial charge in [-0.15, -0.1) is 0 Å². The molecule has 1 saturated heterocycles. The number of carbonyl (C=O) groups excluding carboxylic acids is 1. The third kappa shape index (κ3) is 3.59. The topological polar surface area (TPSA) is 94.7 Å². The van der Waals surface area contributed by atoms with E-state index in [9.17, 15) is 4.79 Å². The van der Waals surface area contributed by atoms with Crippen LogP contribution >= 0.6 is 11.3 Å². The van der Waals surface area contributed by atoms with Crippen LogP contribution in [0.3, 0.4) is 0 Å². The lowest BCUT2D eigenvalue weighted by Crippen LogP contribution is -2.44. The number of thiazole rings is 1. The average Bonchev–Trinajstić information content (AvgIpc) is 2.82. The SMILES string of the molecule is CN1CCN(c2nc(N)c(C(=O)NCCCO)s2)CC1. The lowest BCUT2D eigenvalue weighted by molar-refractivity contribution is 0.0956. The van der Waals surface area contributed by atoms with E-state index in [0.29, 0.717) is 17.8 Å². The summed E-state index contributed by atoms with van der Waals surface area (Å²) in [4.78, 5) is 21.1. The summed E-state index contributed by atoms with van der Waals surface area (Å²) in [5.74, 6) is 0.0688. The highest BCUT2D eigenvalue weighted by atomic mass is 32.1. The summed E-state index contributed by atoms with van der Waals surface area (Å²) in [7, 11) is 2.09. The summed E-state index contributed by atoms with van der Waals surface area (Å²) in [6.45, 7) is 4.26. The Kier molecular flexibility index (Phi) is 5.16. The van der Waals surface area contributed by atoms with Crippen LogP contribution in [0.4, 0.5) is 10.9 Å². The molecule has 2 heterocycles. The van der Waals surface area contributed by atoms with Gasteiger partial charge < -0.3 is 26.0 Å². The Hall–Kier alpha value is -1.38. The monoisotopic (exact) mass is 299 g/mol. The standard InChI is InChI=1S/C12H21N5O2S/c1-16-4-6-17(7-5-16)12-15-10(13)9(20-12)11(19)14-3-2-8-18/h18H,2-8,13H2,1H3,(H,14,19). The zero-order chi connectivity index (χ0) is 14.5. The molecule has 0 saturated carbocycles. The van der Waals surface area contributed by atoms with Crippen molar-refractivity contribution in [2.75, 3.05) is 57.0 Å². The second kappa shape index (κ2) is 6.87. The van der Waals surface area contributed by atoms with Gasteiger partial charge >= 0.3 is 0 Å². The zero-order valence-corrected chi connectivity index (χ0v) is 12.4. The van der Waals surface area contributed by atoms with Crippen LogP contribution in [0, 0.1) is 0 Å². The maximum Gasteiger partial charge on any atom is 0.265 e. The molecule has 2 rings (SSSR count). The highest BCUT2D eigenvalue weighted by Gasteiger charge is 2.21. The largest absolute Gasteiger partial charge is 0.396 e. The third-order valence-corrected chi connectivity index (χ3v) is 4.37. The molecule has 1 aliphatic heterocycles. The minimum Gasteiger partial charge on any atom is -0.396 e. The fraction of sp³-hybridized carbons (Fsp3) is 0.667. The number of nitrogens with zero attached hydrogens (tertiary/aromatic N) is 3. The number of rotatable bonds is 5. The molecule has 4 N–H and O–H groups in total. The first kappa shape index (κ1) is 15.0. The van der Waals surface area contributed by atoms with Crippen molar-refractivity contribution in [2.24, 2.45) is 0 Å². The minimum absolute atomic E-state index is 0.0605. The number of amides is 1. The van der Waals surface area contributed by atoms with Crippen LogP contribution < -0.4 is 16.0 Å². The van der Waals surface area contributed by atoms with Crippen molar-refractivity contribution in [3.8, 4) is 0 Å². The van der Waals surface area contributed by atoms with Crippen LogP contribution in [0.2, 0.25) is 0 Å². The summed E-state index contributed by atoms with van der Waals surface area (Å²) in [6.07, 6.45) is 0.537. The van der Waals surface area contributed by atoms with Crippen molar-refractivity contribution in [2.45, 2.75) is 6.42 Å². The maximum absolute atomic E-state index is 12.0. The number of nitrogens with one attached hydrogen (secondary N) is 1. The molecule has 1 aromatic heterocycles. The molecule has 0 spiro atoms. The van der Waals surface area contributed by atoms with Gasteiger partial charge in [-0.2, -0.15) is 0 Å². The molecule has 1 aliphatic rings. The van der Waals surface area contributed by atoms with Gasteiger partial charge in [0, 0.05) is 39.3 Å². The molecular formula is C12H21N5O2S. The molecule has 1 amide bonds. The second-order valence-electron chi connectivity index (χ2n) is 4.83. The molecule has 1 fully saturated rings. The van der Waals surface area contributed by atoms with Crippen LogP contribution in [0.25, 0.3) is 0 Å². The fourth-order valence-electron chi connectivity index (χ4n) is 1.98. The number of aliphatic hydroxyl groups excluding tert-OH is 1. The number of nitrogens with two attached hydrogens (primary N) is 1. The Balaban J connectivity index is 2.00. The number of piperazine rings is 1. The maximum atomic E-state index is 12.0. The number of aliphatic hydroxyl groups is 1. The second-order valence-corrected chi connectivity index (χ2v) is 5.81. The van der Waals surface area contributed by atoms with E-state index in [4.69, 9.17) is 10.8 Å². The Morgan fingerprint density at radius 3 is 2.80 bits per heavy atom. The van der Waals surface area contributed by atoms with Crippen molar-refractivity contribution in [3.63, 3.8) is 0 Å². The molecular weight excluding hydrogens is 278 g/mol. The number of aromatic nitrogens is 1. The number of hydrogen-bond donors (Lipinski definition) is 3. The number of carbonyl (C=O) groups is 1. The molecule has 0 radical (unpaired) electrons. The number of nitrogen functional groups attached to an aromatic ring is 1. The fourth-order valence-corrected chi connectivity index (χ4v) is 2.93. The van der Waals surface area contributed by atoms with E-state index in [-0.39, 0.29) is 18.3 Å². The smallest absolute Gasteiger partial charge is 0.265 e. The van der Waals surface area contributed by atoms with Crippen LogP contribution in [0.5, 0.6) is 0 Å². The summed E-state index contributed by atoms with van der Waals surface area (Å²) in [5, 5.41) is 12.2. The van der Waals surface area contributed by atoms with Crippen molar-refractivity contribution < 1.29 is 9.90 Å². The van der Waals surface area contributed by atoms with Gasteiger partial charge in [0.05, 0.1) is 0 Å². The third-order valence-electron chi connectivity index (χ3n) is 3.24. The van der Waals surface area contributed by atoms with Crippen molar-refractivity contribution in [3.05, 3.63) is 4.88 Å². The Bertz CT molecular complexity index is 457. The summed E-state index contributed by atoms with van der Waals surface area (Å²) in [6, 6.07) is 0. The van der Waals surface area contributed by atoms with Gasteiger partial charge in [-0.05, 0) is 13.5 Å². The van der Waals surface area contributed by atoms with E-state index < -0.39 is 0 Å². The number of hydrogen-bond acceptors (Lipinski definition) is 7. The molecule has 0 aliphatic carbocycles. The first-order chi connectivity index (χ1) is 9.61. The predicted molar refractivity (Wildman–Crippen MR) is 80.3 cm³/mol. The molecule has 8 heteroatoms. The van der Waals surface area contributed by atoms with Crippen LogP contribution in [-0.4, -0.2) is 67.3 Å². The van der Waals surface area contributed by atoms with E-state index >= 15 is 0 Å². The summed E-state index contributed by atoms with van der Waals surface area (Å²) >= 11 is 1.33. The Morgan fingerprint density at radius 1 is 1.45 bits per heavy atom. The lowest BCUT2D eigenvalue weighted by Gasteiger charge is -2.31. The number of likely N-dealkylation sites (N-methyl/N-ethyl adjacent to an activating group) is 1. The Morgan fingerprint density at radius 2 is 2.15 bits per heavy atom. The van der Waals surface area contributed by atoms with E-state index in [2.05, 4.69) is 27.1 Å². The van der Waals surface area contributed by atoms with E-state index in [1.54, 1.807) is 0 Å². The van der Waals surface area contributed by atoms with E-state index in [1.807, 2.05) is 0 Å². The molecule has 0 bridgehead atoms. The zero-order valence-electron chi connectivity index (χ0n) is 11.6. The molecule has 1 aromatic rings. The minimum atomic E-state index is -0.214.